The first-order chi connectivity index (χ1) is 11.7. The van der Waals surface area contributed by atoms with Crippen molar-refractivity contribution < 1.29 is 0 Å². The zero-order chi connectivity index (χ0) is 17.4. The number of fused-ring (bicyclic) bond motifs is 1. The van der Waals surface area contributed by atoms with Crippen molar-refractivity contribution in [2.24, 2.45) is 4.99 Å². The molecule has 0 aliphatic rings. The summed E-state index contributed by atoms with van der Waals surface area (Å²) in [6.45, 7) is 9.67. The van der Waals surface area contributed by atoms with Gasteiger partial charge in [0, 0.05) is 31.9 Å². The first-order valence-electron chi connectivity index (χ1n) is 8.66. The van der Waals surface area contributed by atoms with Gasteiger partial charge in [0.2, 0.25) is 0 Å². The Morgan fingerprint density at radius 1 is 1.29 bits per heavy atom. The molecular weight excluding hydrogens is 302 g/mol. The number of hydrogen-bond donors (Lipinski definition) is 2. The summed E-state index contributed by atoms with van der Waals surface area (Å²) in [7, 11) is 2.16. The van der Waals surface area contributed by atoms with Crippen LogP contribution in [0, 0.1) is 0 Å². The van der Waals surface area contributed by atoms with Gasteiger partial charge in [0.25, 0.3) is 0 Å². The van der Waals surface area contributed by atoms with Crippen LogP contribution in [0.15, 0.2) is 29.4 Å². The molecule has 2 aromatic heterocycles. The van der Waals surface area contributed by atoms with Gasteiger partial charge in [0.05, 0.1) is 0 Å². The third-order valence-corrected chi connectivity index (χ3v) is 4.21. The van der Waals surface area contributed by atoms with Crippen LogP contribution in [0.2, 0.25) is 0 Å². The van der Waals surface area contributed by atoms with Gasteiger partial charge in [-0.2, -0.15) is 0 Å². The van der Waals surface area contributed by atoms with E-state index in [2.05, 4.69) is 58.5 Å². The average Bonchev–Trinajstić information content (AvgIpc) is 3.02. The fraction of sp³-hybridized carbons (Fsp3) is 0.588. The number of aromatic nitrogens is 3. The van der Waals surface area contributed by atoms with Crippen molar-refractivity contribution >= 4 is 11.6 Å². The maximum Gasteiger partial charge on any atom is 0.191 e. The molecule has 0 saturated carbocycles. The van der Waals surface area contributed by atoms with Crippen molar-refractivity contribution in [2.75, 3.05) is 26.7 Å². The van der Waals surface area contributed by atoms with Gasteiger partial charge in [-0.1, -0.05) is 13.0 Å². The van der Waals surface area contributed by atoms with Crippen LogP contribution in [0.5, 0.6) is 0 Å². The quantitative estimate of drug-likeness (QED) is 0.567. The largest absolute Gasteiger partial charge is 0.357 e. The first-order valence-corrected chi connectivity index (χ1v) is 8.66. The number of hydrogen-bond acceptors (Lipinski definition) is 4. The van der Waals surface area contributed by atoms with Gasteiger partial charge in [0.1, 0.15) is 6.54 Å². The lowest BCUT2D eigenvalue weighted by Gasteiger charge is -2.23. The van der Waals surface area contributed by atoms with Crippen LogP contribution < -0.4 is 10.6 Å². The number of nitrogens with zero attached hydrogens (tertiary/aromatic N) is 5. The summed E-state index contributed by atoms with van der Waals surface area (Å²) in [5.74, 6) is 1.64. The highest BCUT2D eigenvalue weighted by molar-refractivity contribution is 5.79. The van der Waals surface area contributed by atoms with E-state index in [0.29, 0.717) is 12.6 Å². The Morgan fingerprint density at radius 3 is 2.88 bits per heavy atom. The normalized spacial score (nSPS) is 13.5. The van der Waals surface area contributed by atoms with Crippen molar-refractivity contribution in [1.82, 2.24) is 30.1 Å². The molecule has 0 saturated heterocycles. The molecule has 7 nitrogen and oxygen atoms in total. The molecule has 0 aliphatic heterocycles. The van der Waals surface area contributed by atoms with E-state index >= 15 is 0 Å². The molecular formula is C17H29N7. The second-order valence-corrected chi connectivity index (χ2v) is 5.90. The van der Waals surface area contributed by atoms with Crippen molar-refractivity contribution in [1.29, 1.82) is 0 Å². The van der Waals surface area contributed by atoms with E-state index in [1.165, 1.54) is 0 Å². The molecule has 0 aromatic carbocycles. The van der Waals surface area contributed by atoms with Crippen molar-refractivity contribution in [2.45, 2.75) is 39.8 Å². The van der Waals surface area contributed by atoms with Crippen LogP contribution in [0.4, 0.5) is 0 Å². The number of likely N-dealkylation sites (N-methyl/N-ethyl adjacent to an activating group) is 1. The van der Waals surface area contributed by atoms with Crippen LogP contribution in [0.25, 0.3) is 5.65 Å². The van der Waals surface area contributed by atoms with Crippen molar-refractivity contribution in [3.05, 3.63) is 30.2 Å². The third-order valence-electron chi connectivity index (χ3n) is 4.21. The third kappa shape index (κ3) is 4.92. The summed E-state index contributed by atoms with van der Waals surface area (Å²) in [6, 6.07) is 6.46. The molecule has 2 heterocycles. The molecule has 0 aliphatic carbocycles. The van der Waals surface area contributed by atoms with E-state index in [1.54, 1.807) is 0 Å². The van der Waals surface area contributed by atoms with E-state index < -0.39 is 0 Å². The van der Waals surface area contributed by atoms with Gasteiger partial charge in [-0.25, -0.2) is 4.99 Å². The average molecular weight is 331 g/mol. The van der Waals surface area contributed by atoms with E-state index in [0.717, 1.165) is 43.5 Å². The number of guanidine groups is 1. The maximum absolute atomic E-state index is 4.62. The predicted molar refractivity (Wildman–Crippen MR) is 98.2 cm³/mol. The number of aliphatic imine (C=N–C) groups is 1. The van der Waals surface area contributed by atoms with E-state index in [1.807, 2.05) is 28.8 Å². The van der Waals surface area contributed by atoms with Gasteiger partial charge in [-0.15, -0.1) is 10.2 Å². The lowest BCUT2D eigenvalue weighted by atomic mass is 10.2. The highest BCUT2D eigenvalue weighted by atomic mass is 15.3. The SMILES string of the molecule is CCNC(=NCc1nnc2ccccn12)NCCN(C)C(C)CC. The molecule has 0 spiro atoms. The van der Waals surface area contributed by atoms with Crippen LogP contribution in [0.1, 0.15) is 33.0 Å². The van der Waals surface area contributed by atoms with Crippen LogP contribution in [-0.2, 0) is 6.54 Å². The molecule has 24 heavy (non-hydrogen) atoms. The minimum atomic E-state index is 0.488. The zero-order valence-electron chi connectivity index (χ0n) is 15.2. The molecule has 2 N–H and O–H groups in total. The van der Waals surface area contributed by atoms with Gasteiger partial charge in [-0.05, 0) is 39.4 Å². The Kier molecular flexibility index (Phi) is 6.99. The monoisotopic (exact) mass is 331 g/mol. The molecule has 2 aromatic rings. The minimum absolute atomic E-state index is 0.488. The maximum atomic E-state index is 4.62. The number of nitrogens with one attached hydrogen (secondary N) is 2. The van der Waals surface area contributed by atoms with Crippen molar-refractivity contribution in [3.8, 4) is 0 Å². The van der Waals surface area contributed by atoms with Crippen LogP contribution in [0.3, 0.4) is 0 Å². The Morgan fingerprint density at radius 2 is 2.12 bits per heavy atom. The zero-order valence-corrected chi connectivity index (χ0v) is 15.2. The van der Waals surface area contributed by atoms with E-state index in [-0.39, 0.29) is 0 Å². The standard InChI is InChI=1S/C17H29N7/c1-5-14(3)23(4)12-10-19-17(18-6-2)20-13-16-22-21-15-9-7-8-11-24(15)16/h7-9,11,14H,5-6,10,12-13H2,1-4H3,(H2,18,19,20). The Hall–Kier alpha value is -2.15. The van der Waals surface area contributed by atoms with Gasteiger partial charge < -0.3 is 15.5 Å². The van der Waals surface area contributed by atoms with Crippen molar-refractivity contribution in [3.63, 3.8) is 0 Å². The summed E-state index contributed by atoms with van der Waals surface area (Å²) in [5.41, 5.74) is 0.843. The van der Waals surface area contributed by atoms with Gasteiger partial charge in [0.15, 0.2) is 17.4 Å². The molecule has 0 amide bonds. The summed E-state index contributed by atoms with van der Waals surface area (Å²) < 4.78 is 1.96. The second-order valence-electron chi connectivity index (χ2n) is 5.90. The van der Waals surface area contributed by atoms with E-state index in [4.69, 9.17) is 0 Å². The van der Waals surface area contributed by atoms with E-state index in [9.17, 15) is 0 Å². The Labute approximate surface area is 144 Å². The highest BCUT2D eigenvalue weighted by Crippen LogP contribution is 2.03. The summed E-state index contributed by atoms with van der Waals surface area (Å²) in [6.07, 6.45) is 3.12. The van der Waals surface area contributed by atoms with Gasteiger partial charge in [-0.3, -0.25) is 4.40 Å². The summed E-state index contributed by atoms with van der Waals surface area (Å²) >= 11 is 0. The molecule has 132 valence electrons. The lowest BCUT2D eigenvalue weighted by molar-refractivity contribution is 0.255. The first kappa shape index (κ1) is 18.2. The number of rotatable bonds is 8. The molecule has 1 unspecified atom stereocenters. The topological polar surface area (TPSA) is 69.8 Å². The molecule has 7 heteroatoms. The highest BCUT2D eigenvalue weighted by Gasteiger charge is 2.07. The summed E-state index contributed by atoms with van der Waals surface area (Å²) in [4.78, 5) is 6.97. The predicted octanol–water partition coefficient (Wildman–Crippen LogP) is 1.51. The molecule has 0 bridgehead atoms. The minimum Gasteiger partial charge on any atom is -0.357 e. The fourth-order valence-electron chi connectivity index (χ4n) is 2.37. The second kappa shape index (κ2) is 9.22. The van der Waals surface area contributed by atoms with Gasteiger partial charge >= 0.3 is 0 Å². The summed E-state index contributed by atoms with van der Waals surface area (Å²) in [5, 5.41) is 15.0. The fourth-order valence-corrected chi connectivity index (χ4v) is 2.37. The van der Waals surface area contributed by atoms with Crippen LogP contribution >= 0.6 is 0 Å². The molecule has 1 atom stereocenters. The Bertz CT molecular complexity index is 649. The molecule has 2 rings (SSSR count). The lowest BCUT2D eigenvalue weighted by Crippen LogP contribution is -2.42. The molecule has 0 fully saturated rings. The van der Waals surface area contributed by atoms with Crippen LogP contribution in [-0.4, -0.2) is 58.2 Å². The number of pyridine rings is 1. The smallest absolute Gasteiger partial charge is 0.191 e. The molecule has 0 radical (unpaired) electrons. The Balaban J connectivity index is 1.93.